The van der Waals surface area contributed by atoms with Gasteiger partial charge in [0.2, 0.25) is 0 Å². The maximum absolute atomic E-state index is 13.9. The fraction of sp³-hybridized carbons (Fsp3) is 0.500. The molecule has 5 nitrogen and oxygen atoms in total. The molecule has 2 rings (SSSR count). The molecule has 6 heteroatoms. The molecule has 1 aliphatic heterocycles. The summed E-state index contributed by atoms with van der Waals surface area (Å²) in [6, 6.07) is 4.34. The Balaban J connectivity index is 2.09. The molecule has 1 amide bonds. The van der Waals surface area contributed by atoms with Crippen molar-refractivity contribution in [2.24, 2.45) is 5.84 Å². The number of likely N-dealkylation sites (N-methyl/N-ethyl adjacent to an activating group) is 1. The molecule has 1 saturated heterocycles. The predicted molar refractivity (Wildman–Crippen MR) is 75.4 cm³/mol. The zero-order valence-corrected chi connectivity index (χ0v) is 11.7. The molecular formula is C14H21FN4O. The molecule has 0 spiro atoms. The van der Waals surface area contributed by atoms with E-state index in [1.165, 1.54) is 12.1 Å². The summed E-state index contributed by atoms with van der Waals surface area (Å²) in [6.45, 7) is 4.41. The van der Waals surface area contributed by atoms with Crippen molar-refractivity contribution in [2.45, 2.75) is 13.0 Å². The van der Waals surface area contributed by atoms with Crippen LogP contribution in [0.2, 0.25) is 0 Å². The zero-order valence-electron chi connectivity index (χ0n) is 11.7. The SMILES string of the molecule is CN1CCCN(Cc2cc(C(=O)NN)ccc2F)CC1. The number of hydrazine groups is 1. The van der Waals surface area contributed by atoms with Gasteiger partial charge in [-0.3, -0.25) is 15.1 Å². The Labute approximate surface area is 118 Å². The van der Waals surface area contributed by atoms with Gasteiger partial charge in [-0.1, -0.05) is 0 Å². The first-order valence-electron chi connectivity index (χ1n) is 6.80. The second-order valence-corrected chi connectivity index (χ2v) is 5.21. The normalized spacial score (nSPS) is 17.8. The summed E-state index contributed by atoms with van der Waals surface area (Å²) in [4.78, 5) is 16.0. The van der Waals surface area contributed by atoms with Crippen LogP contribution in [0, 0.1) is 5.82 Å². The molecule has 20 heavy (non-hydrogen) atoms. The molecule has 0 saturated carbocycles. The van der Waals surface area contributed by atoms with E-state index in [1.54, 1.807) is 6.07 Å². The van der Waals surface area contributed by atoms with E-state index < -0.39 is 5.91 Å². The Morgan fingerprint density at radius 2 is 2.15 bits per heavy atom. The predicted octanol–water partition coefficient (Wildman–Crippen LogP) is 0.567. The summed E-state index contributed by atoms with van der Waals surface area (Å²) in [5, 5.41) is 0. The standard InChI is InChI=1S/C14H21FN4O/c1-18-5-2-6-19(8-7-18)10-12-9-11(14(20)17-16)3-4-13(12)15/h3-4,9H,2,5-8,10,16H2,1H3,(H,17,20). The third-order valence-electron chi connectivity index (χ3n) is 3.65. The third kappa shape index (κ3) is 3.75. The first-order chi connectivity index (χ1) is 9.60. The molecule has 1 aliphatic rings. The molecule has 0 unspecified atom stereocenters. The van der Waals surface area contributed by atoms with E-state index >= 15 is 0 Å². The highest BCUT2D eigenvalue weighted by Crippen LogP contribution is 2.14. The fourth-order valence-corrected chi connectivity index (χ4v) is 2.42. The Bertz CT molecular complexity index is 480. The van der Waals surface area contributed by atoms with Gasteiger partial charge < -0.3 is 4.90 Å². The lowest BCUT2D eigenvalue weighted by Gasteiger charge is -2.20. The molecule has 0 atom stereocenters. The summed E-state index contributed by atoms with van der Waals surface area (Å²) in [7, 11) is 2.09. The molecule has 3 N–H and O–H groups in total. The Kier molecular flexibility index (Phi) is 5.05. The lowest BCUT2D eigenvalue weighted by Crippen LogP contribution is -2.31. The quantitative estimate of drug-likeness (QED) is 0.483. The van der Waals surface area contributed by atoms with Gasteiger partial charge in [-0.2, -0.15) is 0 Å². The van der Waals surface area contributed by atoms with Gasteiger partial charge in [-0.15, -0.1) is 0 Å². The van der Waals surface area contributed by atoms with Crippen LogP contribution in [0.25, 0.3) is 0 Å². The minimum absolute atomic E-state index is 0.281. The number of nitrogens with zero attached hydrogens (tertiary/aromatic N) is 2. The van der Waals surface area contributed by atoms with Gasteiger partial charge in [0.05, 0.1) is 0 Å². The molecule has 1 aromatic carbocycles. The monoisotopic (exact) mass is 280 g/mol. The number of hydrogen-bond acceptors (Lipinski definition) is 4. The smallest absolute Gasteiger partial charge is 0.265 e. The number of benzene rings is 1. The number of nitrogen functional groups attached to an aromatic ring is 1. The minimum atomic E-state index is -0.401. The molecule has 0 bridgehead atoms. The van der Waals surface area contributed by atoms with E-state index in [9.17, 15) is 9.18 Å². The van der Waals surface area contributed by atoms with E-state index in [0.717, 1.165) is 32.6 Å². The average Bonchev–Trinajstić information content (AvgIpc) is 2.65. The number of rotatable bonds is 3. The lowest BCUT2D eigenvalue weighted by atomic mass is 10.1. The highest BCUT2D eigenvalue weighted by atomic mass is 19.1. The van der Waals surface area contributed by atoms with Crippen molar-refractivity contribution in [1.29, 1.82) is 0 Å². The van der Waals surface area contributed by atoms with Crippen molar-refractivity contribution in [1.82, 2.24) is 15.2 Å². The van der Waals surface area contributed by atoms with Gasteiger partial charge in [0.25, 0.3) is 5.91 Å². The minimum Gasteiger partial charge on any atom is -0.305 e. The lowest BCUT2D eigenvalue weighted by molar-refractivity contribution is 0.0953. The maximum Gasteiger partial charge on any atom is 0.265 e. The number of nitrogens with two attached hydrogens (primary N) is 1. The van der Waals surface area contributed by atoms with E-state index in [-0.39, 0.29) is 5.82 Å². The molecule has 0 aliphatic carbocycles. The van der Waals surface area contributed by atoms with Crippen LogP contribution in [-0.2, 0) is 6.54 Å². The maximum atomic E-state index is 13.9. The Morgan fingerprint density at radius 3 is 2.90 bits per heavy atom. The van der Waals surface area contributed by atoms with Gasteiger partial charge in [0, 0.05) is 30.8 Å². The van der Waals surface area contributed by atoms with Crippen molar-refractivity contribution in [3.63, 3.8) is 0 Å². The molecule has 1 heterocycles. The zero-order chi connectivity index (χ0) is 14.5. The first-order valence-corrected chi connectivity index (χ1v) is 6.80. The van der Waals surface area contributed by atoms with Gasteiger partial charge in [-0.05, 0) is 44.8 Å². The van der Waals surface area contributed by atoms with Crippen LogP contribution in [0.15, 0.2) is 18.2 Å². The number of nitrogens with one attached hydrogen (secondary N) is 1. The van der Waals surface area contributed by atoms with E-state index in [0.29, 0.717) is 17.7 Å². The van der Waals surface area contributed by atoms with Crippen LogP contribution in [0.4, 0.5) is 4.39 Å². The Morgan fingerprint density at radius 1 is 1.35 bits per heavy atom. The molecule has 1 aromatic rings. The molecule has 1 fully saturated rings. The number of halogens is 1. The van der Waals surface area contributed by atoms with Crippen molar-refractivity contribution in [3.8, 4) is 0 Å². The van der Waals surface area contributed by atoms with Crippen LogP contribution in [0.5, 0.6) is 0 Å². The summed E-state index contributed by atoms with van der Waals surface area (Å²) >= 11 is 0. The highest BCUT2D eigenvalue weighted by molar-refractivity contribution is 5.93. The molecule has 110 valence electrons. The summed E-state index contributed by atoms with van der Waals surface area (Å²) in [5.41, 5.74) is 2.99. The van der Waals surface area contributed by atoms with Gasteiger partial charge >= 0.3 is 0 Å². The van der Waals surface area contributed by atoms with E-state index in [1.807, 2.05) is 0 Å². The van der Waals surface area contributed by atoms with Gasteiger partial charge in [0.15, 0.2) is 0 Å². The fourth-order valence-electron chi connectivity index (χ4n) is 2.42. The van der Waals surface area contributed by atoms with Gasteiger partial charge in [0.1, 0.15) is 5.82 Å². The van der Waals surface area contributed by atoms with E-state index in [4.69, 9.17) is 5.84 Å². The van der Waals surface area contributed by atoms with Crippen LogP contribution in [0.3, 0.4) is 0 Å². The largest absolute Gasteiger partial charge is 0.305 e. The average molecular weight is 280 g/mol. The van der Waals surface area contributed by atoms with Crippen LogP contribution >= 0.6 is 0 Å². The van der Waals surface area contributed by atoms with Crippen molar-refractivity contribution < 1.29 is 9.18 Å². The van der Waals surface area contributed by atoms with Crippen molar-refractivity contribution >= 4 is 5.91 Å². The van der Waals surface area contributed by atoms with Crippen LogP contribution in [-0.4, -0.2) is 48.9 Å². The number of amides is 1. The molecule has 0 radical (unpaired) electrons. The van der Waals surface area contributed by atoms with Crippen molar-refractivity contribution in [2.75, 3.05) is 33.2 Å². The Hall–Kier alpha value is -1.50. The molecular weight excluding hydrogens is 259 g/mol. The third-order valence-corrected chi connectivity index (χ3v) is 3.65. The topological polar surface area (TPSA) is 61.6 Å². The molecule has 0 aromatic heterocycles. The second-order valence-electron chi connectivity index (χ2n) is 5.21. The van der Waals surface area contributed by atoms with E-state index in [2.05, 4.69) is 22.3 Å². The number of carbonyl (C=O) groups excluding carboxylic acids is 1. The summed E-state index contributed by atoms with van der Waals surface area (Å²) in [6.07, 6.45) is 1.07. The number of hydrogen-bond donors (Lipinski definition) is 2. The first kappa shape index (κ1) is 14.9. The number of carbonyl (C=O) groups is 1. The van der Waals surface area contributed by atoms with Crippen LogP contribution < -0.4 is 11.3 Å². The highest BCUT2D eigenvalue weighted by Gasteiger charge is 2.15. The van der Waals surface area contributed by atoms with Crippen LogP contribution in [0.1, 0.15) is 22.3 Å². The van der Waals surface area contributed by atoms with Crippen molar-refractivity contribution in [3.05, 3.63) is 35.1 Å². The second kappa shape index (κ2) is 6.78. The summed E-state index contributed by atoms with van der Waals surface area (Å²) < 4.78 is 13.9. The summed E-state index contributed by atoms with van der Waals surface area (Å²) in [5.74, 6) is 4.42. The van der Waals surface area contributed by atoms with Gasteiger partial charge in [-0.25, -0.2) is 10.2 Å².